The fourth-order valence-corrected chi connectivity index (χ4v) is 7.40. The Morgan fingerprint density at radius 3 is 0.677 bits per heavy atom. The monoisotopic (exact) mass is 1310 g/mol. The van der Waals surface area contributed by atoms with Crippen molar-refractivity contribution in [1.29, 1.82) is 0 Å². The van der Waals surface area contributed by atoms with Gasteiger partial charge in [-0.1, -0.05) is 0 Å². The van der Waals surface area contributed by atoms with E-state index in [-0.39, 0.29) is 97.8 Å². The van der Waals surface area contributed by atoms with E-state index >= 15 is 0 Å². The molecule has 0 saturated carbocycles. The average molecular weight is 1310 g/mol. The molecule has 4 aromatic rings. The molecule has 0 bridgehead atoms. The van der Waals surface area contributed by atoms with Crippen LogP contribution in [0.5, 0.6) is 0 Å². The smallest absolute Gasteiger partial charge is 0.344 e. The fourth-order valence-electron chi connectivity index (χ4n) is 7.40. The van der Waals surface area contributed by atoms with Gasteiger partial charge in [0.1, 0.15) is 58.0 Å². The van der Waals surface area contributed by atoms with Crippen molar-refractivity contribution in [3.8, 4) is 0 Å². The molecule has 0 amide bonds. The van der Waals surface area contributed by atoms with Crippen molar-refractivity contribution in [2.75, 3.05) is 126 Å². The van der Waals surface area contributed by atoms with Crippen molar-refractivity contribution >= 4 is 120 Å². The van der Waals surface area contributed by atoms with Crippen LogP contribution in [0.4, 0.5) is 22.7 Å². The van der Waals surface area contributed by atoms with E-state index in [1.165, 1.54) is 82.6 Å². The summed E-state index contributed by atoms with van der Waals surface area (Å²) in [5, 5.41) is 36.9. The molecule has 93 heavy (non-hydrogen) atoms. The van der Waals surface area contributed by atoms with Gasteiger partial charge in [-0.2, -0.15) is 0 Å². The molecular formula is C57H56N4O32. The van der Waals surface area contributed by atoms with E-state index in [9.17, 15) is 97.1 Å². The zero-order chi connectivity index (χ0) is 68.3. The number of carboxylic acids is 4. The van der Waals surface area contributed by atoms with E-state index in [0.717, 1.165) is 34.1 Å². The molecule has 496 valence electrons. The number of carbonyl (C=O) groups excluding carboxylic acids is 12. The Balaban J connectivity index is 1.60. The van der Waals surface area contributed by atoms with Gasteiger partial charge in [0, 0.05) is 22.7 Å². The molecule has 0 heterocycles. The van der Waals surface area contributed by atoms with Gasteiger partial charge in [0.15, 0.2) is 53.4 Å². The van der Waals surface area contributed by atoms with Crippen LogP contribution in [0, 0.1) is 5.41 Å². The third-order valence-corrected chi connectivity index (χ3v) is 11.8. The van der Waals surface area contributed by atoms with Crippen molar-refractivity contribution in [3.05, 3.63) is 119 Å². The summed E-state index contributed by atoms with van der Waals surface area (Å²) in [6.07, 6.45) is 0. The van der Waals surface area contributed by atoms with Crippen LogP contribution in [-0.2, 0) is 114 Å². The second kappa shape index (κ2) is 38.1. The summed E-state index contributed by atoms with van der Waals surface area (Å²) >= 11 is 0. The lowest BCUT2D eigenvalue weighted by Gasteiger charge is -2.31. The van der Waals surface area contributed by atoms with Gasteiger partial charge in [-0.15, -0.1) is 0 Å². The summed E-state index contributed by atoms with van der Waals surface area (Å²) in [6.45, 7) is -13.0. The largest absolute Gasteiger partial charge is 0.480 e. The van der Waals surface area contributed by atoms with Crippen molar-refractivity contribution in [2.24, 2.45) is 5.41 Å². The number of aliphatic carboxylic acids is 4. The minimum Gasteiger partial charge on any atom is -0.480 e. The predicted octanol–water partition coefficient (Wildman–Crippen LogP) is -0.340. The molecule has 0 saturated heterocycles. The molecule has 0 atom stereocenters. The van der Waals surface area contributed by atoms with Crippen LogP contribution >= 0.6 is 0 Å². The lowest BCUT2D eigenvalue weighted by molar-refractivity contribution is -0.175. The highest BCUT2D eigenvalue weighted by molar-refractivity contribution is 5.94. The number of ether oxygens (including phenoxy) is 12. The first-order valence-corrected chi connectivity index (χ1v) is 26.3. The van der Waals surface area contributed by atoms with Gasteiger partial charge in [-0.25, -0.2) is 38.4 Å². The lowest BCUT2D eigenvalue weighted by Crippen LogP contribution is -2.45. The maximum atomic E-state index is 13.3. The highest BCUT2D eigenvalue weighted by Gasteiger charge is 2.39. The van der Waals surface area contributed by atoms with Crippen LogP contribution < -0.4 is 19.6 Å². The Morgan fingerprint density at radius 2 is 0.495 bits per heavy atom. The quantitative estimate of drug-likeness (QED) is 0.0190. The standard InChI is InChI=1S/C57H56N4O32/c62-33-82-29-60(30-83-34-63)43-13-5-39(6-14-43)55(80)88-23-51(76)92-27-57(25-90-49(74)21-86-53(78)37-1-9-41(10-2-37)58(17-45(66)67)18-46(68)69,26-91-50(75)22-87-54(79)38-3-11-42(12-4-38)59(19-47(70)71)20-48(72)73)28-93-52(77)24-89-56(81)40-7-15-44(16-8-40)61(31-84-35-64)32-85-36-65/h1-16,33-36H,17-32H2,(H,66,67)(H,68,69)(H,70,71)(H,72,73). The van der Waals surface area contributed by atoms with Crippen LogP contribution in [0.1, 0.15) is 41.4 Å². The van der Waals surface area contributed by atoms with Gasteiger partial charge >= 0.3 is 71.6 Å². The number of carboxylic acid groups (broad SMARTS) is 4. The van der Waals surface area contributed by atoms with Crippen LogP contribution in [0.25, 0.3) is 0 Å². The van der Waals surface area contributed by atoms with E-state index < -0.39 is 156 Å². The van der Waals surface area contributed by atoms with Gasteiger partial charge in [0.2, 0.25) is 0 Å². The van der Waals surface area contributed by atoms with Crippen molar-refractivity contribution < 1.29 is 154 Å². The Labute approximate surface area is 523 Å². The Kier molecular flexibility index (Phi) is 29.9. The highest BCUT2D eigenvalue weighted by atomic mass is 16.6. The van der Waals surface area contributed by atoms with Crippen LogP contribution in [0.2, 0.25) is 0 Å². The third-order valence-electron chi connectivity index (χ3n) is 11.8. The van der Waals surface area contributed by atoms with Crippen LogP contribution in [0.15, 0.2) is 97.1 Å². The van der Waals surface area contributed by atoms with Gasteiger partial charge in [-0.3, -0.25) is 38.4 Å². The zero-order valence-corrected chi connectivity index (χ0v) is 48.4. The molecule has 0 aliphatic carbocycles. The first kappa shape index (κ1) is 73.1. The molecule has 0 radical (unpaired) electrons. The second-order valence-corrected chi connectivity index (χ2v) is 18.6. The predicted molar refractivity (Wildman–Crippen MR) is 301 cm³/mol. The van der Waals surface area contributed by atoms with E-state index in [2.05, 4.69) is 0 Å². The molecule has 36 nitrogen and oxygen atoms in total. The fraction of sp³-hybridized carbons (Fsp3) is 0.298. The van der Waals surface area contributed by atoms with Gasteiger partial charge in [0.25, 0.3) is 25.9 Å². The maximum Gasteiger partial charge on any atom is 0.344 e. The lowest BCUT2D eigenvalue weighted by atomic mass is 9.92. The number of benzene rings is 4. The molecule has 36 heteroatoms. The first-order valence-electron chi connectivity index (χ1n) is 26.3. The number of anilines is 4. The molecule has 0 spiro atoms. The van der Waals surface area contributed by atoms with Crippen molar-refractivity contribution in [2.45, 2.75) is 0 Å². The number of rotatable bonds is 44. The van der Waals surface area contributed by atoms with Crippen molar-refractivity contribution in [3.63, 3.8) is 0 Å². The molecule has 0 aromatic heterocycles. The molecule has 0 fully saturated rings. The number of nitrogens with zero attached hydrogens (tertiary/aromatic N) is 4. The summed E-state index contributed by atoms with van der Waals surface area (Å²) in [5.74, 6) is -15.5. The number of carbonyl (C=O) groups is 16. The maximum absolute atomic E-state index is 13.3. The van der Waals surface area contributed by atoms with Gasteiger partial charge in [0.05, 0.1) is 22.3 Å². The first-order chi connectivity index (χ1) is 44.5. The number of hydrogen-bond donors (Lipinski definition) is 4. The molecule has 4 rings (SSSR count). The summed E-state index contributed by atoms with van der Waals surface area (Å²) in [7, 11) is 0. The Hall–Kier alpha value is -12.4. The van der Waals surface area contributed by atoms with E-state index in [4.69, 9.17) is 56.8 Å². The third kappa shape index (κ3) is 26.1. The summed E-state index contributed by atoms with van der Waals surface area (Å²) in [5.41, 5.74) is -2.32. The summed E-state index contributed by atoms with van der Waals surface area (Å²) < 4.78 is 60.5. The Bertz CT molecular complexity index is 3010. The number of hydrogen-bond acceptors (Lipinski definition) is 32. The van der Waals surface area contributed by atoms with E-state index in [1.54, 1.807) is 0 Å². The van der Waals surface area contributed by atoms with Crippen LogP contribution in [0.3, 0.4) is 0 Å². The zero-order valence-electron chi connectivity index (χ0n) is 48.4. The molecule has 4 N–H and O–H groups in total. The summed E-state index contributed by atoms with van der Waals surface area (Å²) in [6, 6.07) is 19.4. The molecule has 0 unspecified atom stereocenters. The molecule has 0 aliphatic heterocycles. The SMILES string of the molecule is O=COCN(COC=O)c1ccc(C(=O)OCC(=O)OCC(COC(=O)COC(=O)c2ccc(N(COC=O)COC=O)cc2)(COC(=O)COC(=O)c2ccc(N(CC(=O)O)CC(=O)O)cc2)COC(=O)COC(=O)c2ccc(N(CC(=O)O)CC(=O)O)cc2)cc1. The minimum absolute atomic E-state index is 0.0704. The van der Waals surface area contributed by atoms with E-state index in [1.807, 2.05) is 0 Å². The molecular weight excluding hydrogens is 1250 g/mol. The topological polar surface area (TPSA) is 478 Å². The normalized spacial score (nSPS) is 10.4. The molecule has 0 aliphatic rings. The average Bonchev–Trinajstić information content (AvgIpc) is 1.24. The molecule has 4 aromatic carbocycles. The highest BCUT2D eigenvalue weighted by Crippen LogP contribution is 2.24. The van der Waals surface area contributed by atoms with E-state index in [0.29, 0.717) is 0 Å². The minimum atomic E-state index is -2.26. The second-order valence-electron chi connectivity index (χ2n) is 18.6. The van der Waals surface area contributed by atoms with Gasteiger partial charge in [-0.05, 0) is 97.1 Å². The summed E-state index contributed by atoms with van der Waals surface area (Å²) in [4.78, 5) is 198. The van der Waals surface area contributed by atoms with Crippen molar-refractivity contribution in [1.82, 2.24) is 0 Å². The Morgan fingerprint density at radius 1 is 0.301 bits per heavy atom. The van der Waals surface area contributed by atoms with Crippen LogP contribution in [-0.4, -0.2) is 224 Å². The number of esters is 8. The van der Waals surface area contributed by atoms with Gasteiger partial charge < -0.3 is 96.9 Å².